The minimum atomic E-state index is 0.00177. The van der Waals surface area contributed by atoms with Crippen molar-refractivity contribution in [1.82, 2.24) is 9.88 Å². The van der Waals surface area contributed by atoms with Crippen LogP contribution in [0.25, 0.3) is 0 Å². The standard InChI is InChI=1S/C13H22N2O/c1-4-13(2,11-16)10-15(3)9-12-5-7-14-8-6-12/h5-8,16H,4,9-11H2,1-3H3. The molecule has 0 aliphatic carbocycles. The van der Waals surface area contributed by atoms with E-state index in [0.29, 0.717) is 0 Å². The normalized spacial score (nSPS) is 15.1. The second-order valence-corrected chi connectivity index (χ2v) is 4.85. The molecule has 1 heterocycles. The molecule has 1 aromatic rings. The van der Waals surface area contributed by atoms with Crippen LogP contribution in [0.2, 0.25) is 0 Å². The fraction of sp³-hybridized carbons (Fsp3) is 0.615. The van der Waals surface area contributed by atoms with Crippen molar-refractivity contribution < 1.29 is 5.11 Å². The maximum atomic E-state index is 9.36. The molecule has 0 aliphatic rings. The van der Waals surface area contributed by atoms with Crippen LogP contribution in [-0.2, 0) is 6.54 Å². The molecule has 90 valence electrons. The van der Waals surface area contributed by atoms with E-state index in [1.165, 1.54) is 5.56 Å². The number of aromatic nitrogens is 1. The summed E-state index contributed by atoms with van der Waals surface area (Å²) in [5, 5.41) is 9.36. The van der Waals surface area contributed by atoms with Crippen LogP contribution in [-0.4, -0.2) is 35.2 Å². The third-order valence-electron chi connectivity index (χ3n) is 3.09. The highest BCUT2D eigenvalue weighted by atomic mass is 16.3. The molecule has 0 fully saturated rings. The van der Waals surface area contributed by atoms with Crippen LogP contribution in [0.15, 0.2) is 24.5 Å². The number of rotatable bonds is 6. The van der Waals surface area contributed by atoms with E-state index in [4.69, 9.17) is 0 Å². The molecule has 1 aromatic heterocycles. The summed E-state index contributed by atoms with van der Waals surface area (Å²) in [7, 11) is 2.09. The van der Waals surface area contributed by atoms with Gasteiger partial charge in [-0.15, -0.1) is 0 Å². The van der Waals surface area contributed by atoms with Gasteiger partial charge in [0.2, 0.25) is 0 Å². The third-order valence-corrected chi connectivity index (χ3v) is 3.09. The average Bonchev–Trinajstić information content (AvgIpc) is 2.30. The van der Waals surface area contributed by atoms with Gasteiger partial charge >= 0.3 is 0 Å². The molecule has 1 rings (SSSR count). The summed E-state index contributed by atoms with van der Waals surface area (Å²) in [5.74, 6) is 0. The second kappa shape index (κ2) is 5.97. The molecule has 3 heteroatoms. The summed E-state index contributed by atoms with van der Waals surface area (Å²) in [6.07, 6.45) is 4.62. The van der Waals surface area contributed by atoms with Crippen molar-refractivity contribution in [1.29, 1.82) is 0 Å². The molecule has 0 saturated carbocycles. The van der Waals surface area contributed by atoms with Crippen molar-refractivity contribution in [2.24, 2.45) is 5.41 Å². The Morgan fingerprint density at radius 1 is 1.38 bits per heavy atom. The van der Waals surface area contributed by atoms with Crippen molar-refractivity contribution in [3.63, 3.8) is 0 Å². The topological polar surface area (TPSA) is 36.4 Å². The van der Waals surface area contributed by atoms with Gasteiger partial charge in [0.15, 0.2) is 0 Å². The predicted molar refractivity (Wildman–Crippen MR) is 66.1 cm³/mol. The summed E-state index contributed by atoms with van der Waals surface area (Å²) in [5.41, 5.74) is 1.26. The molecule has 0 aromatic carbocycles. The molecule has 1 atom stereocenters. The van der Waals surface area contributed by atoms with E-state index in [9.17, 15) is 5.11 Å². The molecule has 1 unspecified atom stereocenters. The summed E-state index contributed by atoms with van der Waals surface area (Å²) >= 11 is 0. The Hall–Kier alpha value is -0.930. The lowest BCUT2D eigenvalue weighted by molar-refractivity contribution is 0.0930. The molecular weight excluding hydrogens is 200 g/mol. The van der Waals surface area contributed by atoms with Crippen LogP contribution in [0.3, 0.4) is 0 Å². The van der Waals surface area contributed by atoms with Gasteiger partial charge in [0.05, 0.1) is 0 Å². The smallest absolute Gasteiger partial charge is 0.0496 e. The highest BCUT2D eigenvalue weighted by Crippen LogP contribution is 2.21. The molecule has 16 heavy (non-hydrogen) atoms. The number of hydrogen-bond acceptors (Lipinski definition) is 3. The summed E-state index contributed by atoms with van der Waals surface area (Å²) < 4.78 is 0. The lowest BCUT2D eigenvalue weighted by Gasteiger charge is -2.31. The highest BCUT2D eigenvalue weighted by molar-refractivity contribution is 5.09. The molecule has 0 aliphatic heterocycles. The van der Waals surface area contributed by atoms with Crippen LogP contribution in [0.5, 0.6) is 0 Å². The van der Waals surface area contributed by atoms with Crippen molar-refractivity contribution in [3.05, 3.63) is 30.1 Å². The van der Waals surface area contributed by atoms with Crippen LogP contribution in [0.1, 0.15) is 25.8 Å². The van der Waals surface area contributed by atoms with Gasteiger partial charge in [0.1, 0.15) is 0 Å². The van der Waals surface area contributed by atoms with Gasteiger partial charge in [-0.05, 0) is 31.2 Å². The fourth-order valence-electron chi connectivity index (χ4n) is 1.78. The van der Waals surface area contributed by atoms with E-state index in [1.807, 2.05) is 24.5 Å². The van der Waals surface area contributed by atoms with E-state index in [0.717, 1.165) is 19.5 Å². The second-order valence-electron chi connectivity index (χ2n) is 4.85. The largest absolute Gasteiger partial charge is 0.396 e. The van der Waals surface area contributed by atoms with Gasteiger partial charge in [0.25, 0.3) is 0 Å². The number of hydrogen-bond donors (Lipinski definition) is 1. The maximum Gasteiger partial charge on any atom is 0.0496 e. The van der Waals surface area contributed by atoms with E-state index < -0.39 is 0 Å². The first kappa shape index (κ1) is 13.1. The van der Waals surface area contributed by atoms with Gasteiger partial charge in [-0.1, -0.05) is 13.8 Å². The summed E-state index contributed by atoms with van der Waals surface area (Å²) in [6, 6.07) is 4.05. The highest BCUT2D eigenvalue weighted by Gasteiger charge is 2.22. The molecule has 0 amide bonds. The maximum absolute atomic E-state index is 9.36. The quantitative estimate of drug-likeness (QED) is 0.799. The van der Waals surface area contributed by atoms with Gasteiger partial charge in [-0.3, -0.25) is 4.98 Å². The van der Waals surface area contributed by atoms with Crippen LogP contribution in [0.4, 0.5) is 0 Å². The molecular formula is C13H22N2O. The Kier molecular flexibility index (Phi) is 4.90. The third kappa shape index (κ3) is 3.91. The molecule has 1 N–H and O–H groups in total. The number of pyridine rings is 1. The van der Waals surface area contributed by atoms with Crippen molar-refractivity contribution in [2.75, 3.05) is 20.2 Å². The number of nitrogens with zero attached hydrogens (tertiary/aromatic N) is 2. The SMILES string of the molecule is CCC(C)(CO)CN(C)Cc1ccncc1. The first-order chi connectivity index (χ1) is 7.59. The van der Waals surface area contributed by atoms with E-state index >= 15 is 0 Å². The van der Waals surface area contributed by atoms with Crippen molar-refractivity contribution >= 4 is 0 Å². The Morgan fingerprint density at radius 3 is 2.50 bits per heavy atom. The van der Waals surface area contributed by atoms with Gasteiger partial charge in [-0.2, -0.15) is 0 Å². The van der Waals surface area contributed by atoms with Crippen LogP contribution >= 0.6 is 0 Å². The average molecular weight is 222 g/mol. The Morgan fingerprint density at radius 2 is 2.00 bits per heavy atom. The Bertz CT molecular complexity index is 296. The number of aliphatic hydroxyl groups excluding tert-OH is 1. The molecule has 0 radical (unpaired) electrons. The Labute approximate surface area is 98.1 Å². The zero-order valence-electron chi connectivity index (χ0n) is 10.5. The fourth-order valence-corrected chi connectivity index (χ4v) is 1.78. The molecule has 3 nitrogen and oxygen atoms in total. The minimum Gasteiger partial charge on any atom is -0.396 e. The summed E-state index contributed by atoms with van der Waals surface area (Å²) in [4.78, 5) is 6.25. The van der Waals surface area contributed by atoms with E-state index in [-0.39, 0.29) is 12.0 Å². The number of aliphatic hydroxyl groups is 1. The van der Waals surface area contributed by atoms with E-state index in [1.54, 1.807) is 0 Å². The van der Waals surface area contributed by atoms with E-state index in [2.05, 4.69) is 30.8 Å². The monoisotopic (exact) mass is 222 g/mol. The molecule has 0 spiro atoms. The zero-order chi connectivity index (χ0) is 12.0. The lowest BCUT2D eigenvalue weighted by atomic mass is 9.88. The first-order valence-corrected chi connectivity index (χ1v) is 5.78. The van der Waals surface area contributed by atoms with Gasteiger partial charge < -0.3 is 10.0 Å². The summed E-state index contributed by atoms with van der Waals surface area (Å²) in [6.45, 7) is 6.29. The lowest BCUT2D eigenvalue weighted by Crippen LogP contribution is -2.35. The van der Waals surface area contributed by atoms with Gasteiger partial charge in [-0.25, -0.2) is 0 Å². The van der Waals surface area contributed by atoms with Gasteiger partial charge in [0, 0.05) is 37.5 Å². The molecule has 0 saturated heterocycles. The van der Waals surface area contributed by atoms with Crippen LogP contribution < -0.4 is 0 Å². The van der Waals surface area contributed by atoms with Crippen molar-refractivity contribution in [2.45, 2.75) is 26.8 Å². The van der Waals surface area contributed by atoms with Crippen LogP contribution in [0, 0.1) is 5.41 Å². The Balaban J connectivity index is 2.50. The first-order valence-electron chi connectivity index (χ1n) is 5.78. The minimum absolute atomic E-state index is 0.00177. The zero-order valence-corrected chi connectivity index (χ0v) is 10.5. The predicted octanol–water partition coefficient (Wildman–Crippen LogP) is 1.92. The van der Waals surface area contributed by atoms with Crippen molar-refractivity contribution in [3.8, 4) is 0 Å². The molecule has 0 bridgehead atoms.